The van der Waals surface area contributed by atoms with E-state index in [0.29, 0.717) is 22.7 Å². The Balaban J connectivity index is 1.41. The number of rotatable bonds is 18. The van der Waals surface area contributed by atoms with Gasteiger partial charge in [0.05, 0.1) is 43.2 Å². The number of anilines is 1. The maximum absolute atomic E-state index is 15.2. The molecule has 1 unspecified atom stereocenters. The molecule has 0 saturated carbocycles. The third-order valence-electron chi connectivity index (χ3n) is 10.9. The first-order valence-corrected chi connectivity index (χ1v) is 20.0. The lowest BCUT2D eigenvalue weighted by Gasteiger charge is -2.39. The number of methoxy groups -OCH3 is 1. The number of amides is 3. The Hall–Kier alpha value is -4.33. The van der Waals surface area contributed by atoms with Crippen molar-refractivity contribution in [3.8, 4) is 0 Å². The van der Waals surface area contributed by atoms with Gasteiger partial charge in [0.15, 0.2) is 0 Å². The number of alkyl halides is 1. The first kappa shape index (κ1) is 41.3. The number of likely N-dealkylation sites (tertiary alicyclic amines) is 1. The first-order valence-electron chi connectivity index (χ1n) is 18.7. The van der Waals surface area contributed by atoms with Gasteiger partial charge in [-0.05, 0) is 54.7 Å². The number of aliphatic hydroxyl groups excluding tert-OH is 1. The fourth-order valence-corrected chi connectivity index (χ4v) is 9.56. The molecule has 3 heterocycles. The van der Waals surface area contributed by atoms with Crippen LogP contribution < -0.4 is 10.2 Å². The van der Waals surface area contributed by atoms with Crippen molar-refractivity contribution in [3.63, 3.8) is 0 Å². The van der Waals surface area contributed by atoms with Crippen molar-refractivity contribution in [2.75, 3.05) is 31.8 Å². The summed E-state index contributed by atoms with van der Waals surface area (Å²) in [7, 11) is 1.49. The van der Waals surface area contributed by atoms with Gasteiger partial charge in [-0.3, -0.25) is 19.2 Å². The Kier molecular flexibility index (Phi) is 13.5. The zero-order valence-electron chi connectivity index (χ0n) is 31.2. The highest BCUT2D eigenvalue weighted by molar-refractivity contribution is 9.09. The van der Waals surface area contributed by atoms with Crippen molar-refractivity contribution in [1.82, 2.24) is 10.2 Å². The highest BCUT2D eigenvalue weighted by Gasteiger charge is 2.77. The van der Waals surface area contributed by atoms with Crippen LogP contribution in [0.1, 0.15) is 36.5 Å². The second-order valence-corrected chi connectivity index (χ2v) is 16.0. The summed E-state index contributed by atoms with van der Waals surface area (Å²) < 4.78 is 18.7. The van der Waals surface area contributed by atoms with E-state index in [4.69, 9.17) is 25.8 Å². The summed E-state index contributed by atoms with van der Waals surface area (Å²) in [5, 5.41) is 14.4. The Morgan fingerprint density at radius 2 is 1.75 bits per heavy atom. The number of esters is 1. The summed E-state index contributed by atoms with van der Waals surface area (Å²) in [4.78, 5) is 60.6. The predicted molar refractivity (Wildman–Crippen MR) is 216 cm³/mol. The maximum Gasteiger partial charge on any atom is 0.313 e. The molecule has 3 fully saturated rings. The number of carbonyl (C=O) groups is 4. The molecule has 1 spiro atoms. The van der Waals surface area contributed by atoms with Crippen LogP contribution in [0.2, 0.25) is 5.02 Å². The second kappa shape index (κ2) is 18.3. The minimum absolute atomic E-state index is 0.0243. The SMILES string of the molecule is C=CCCC(=O)N[C@@H](COC)[C@@H](OC(=O)[C@@H]1[C@H]2O[C@@]3(CC2Br)[C@H](C(=O)N(CC=C)c2ccc(Cl)cc2)N([C@@H](CO)Cc2ccccc2)C(=O)[C@@H]13)c1ccccc1. The van der Waals surface area contributed by atoms with E-state index in [-0.39, 0.29) is 38.3 Å². The number of allylic oxidation sites excluding steroid dienone is 1. The first-order chi connectivity index (χ1) is 27.1. The number of ether oxygens (including phenoxy) is 3. The van der Waals surface area contributed by atoms with E-state index in [1.54, 1.807) is 60.7 Å². The molecule has 2 N–H and O–H groups in total. The van der Waals surface area contributed by atoms with Gasteiger partial charge in [-0.25, -0.2) is 0 Å². The van der Waals surface area contributed by atoms with Gasteiger partial charge < -0.3 is 34.4 Å². The Morgan fingerprint density at radius 3 is 2.38 bits per heavy atom. The molecule has 9 atom stereocenters. The smallest absolute Gasteiger partial charge is 0.313 e. The quantitative estimate of drug-likeness (QED) is 0.0962. The molecule has 11 nitrogen and oxygen atoms in total. The molecule has 0 radical (unpaired) electrons. The van der Waals surface area contributed by atoms with Crippen molar-refractivity contribution >= 4 is 56.9 Å². The van der Waals surface area contributed by atoms with Crippen molar-refractivity contribution in [2.45, 2.75) is 66.4 Å². The van der Waals surface area contributed by atoms with Crippen LogP contribution in [-0.2, 0) is 39.8 Å². The number of fused-ring (bicyclic) bond motifs is 1. The lowest BCUT2D eigenvalue weighted by molar-refractivity contribution is -0.163. The molecular formula is C43H47BrClN3O8. The molecule has 6 rings (SSSR count). The summed E-state index contributed by atoms with van der Waals surface area (Å²) in [6.07, 6.45) is 2.54. The lowest BCUT2D eigenvalue weighted by Crippen LogP contribution is -2.59. The van der Waals surface area contributed by atoms with Crippen molar-refractivity contribution in [1.29, 1.82) is 0 Å². The number of hydrogen-bond donors (Lipinski definition) is 2. The molecule has 0 aromatic heterocycles. The number of benzene rings is 3. The summed E-state index contributed by atoms with van der Waals surface area (Å²) >= 11 is 9.97. The molecule has 56 heavy (non-hydrogen) atoms. The molecule has 0 aliphatic carbocycles. The molecule has 3 aliphatic rings. The van der Waals surface area contributed by atoms with Gasteiger partial charge in [-0.1, -0.05) is 100 Å². The van der Waals surface area contributed by atoms with Crippen molar-refractivity contribution in [2.24, 2.45) is 11.8 Å². The van der Waals surface area contributed by atoms with Crippen molar-refractivity contribution in [3.05, 3.63) is 126 Å². The summed E-state index contributed by atoms with van der Waals surface area (Å²) in [5.74, 6) is -4.18. The number of nitrogens with one attached hydrogen (secondary N) is 1. The maximum atomic E-state index is 15.2. The van der Waals surface area contributed by atoms with Crippen LogP contribution in [0, 0.1) is 11.8 Å². The minimum atomic E-state index is -1.46. The molecule has 3 aromatic rings. The van der Waals surface area contributed by atoms with Gasteiger partial charge in [0.2, 0.25) is 11.8 Å². The molecule has 3 aromatic carbocycles. The van der Waals surface area contributed by atoms with E-state index in [9.17, 15) is 14.7 Å². The average molecular weight is 849 g/mol. The zero-order valence-corrected chi connectivity index (χ0v) is 33.5. The number of hydrogen-bond acceptors (Lipinski definition) is 8. The van der Waals surface area contributed by atoms with Gasteiger partial charge in [-0.2, -0.15) is 0 Å². The summed E-state index contributed by atoms with van der Waals surface area (Å²) in [6.45, 7) is 7.26. The van der Waals surface area contributed by atoms with Gasteiger partial charge >= 0.3 is 5.97 Å². The molecule has 3 aliphatic heterocycles. The number of aliphatic hydroxyl groups is 1. The molecule has 13 heteroatoms. The third-order valence-corrected chi connectivity index (χ3v) is 12.0. The van der Waals surface area contributed by atoms with E-state index >= 15 is 9.59 Å². The van der Waals surface area contributed by atoms with E-state index in [1.165, 1.54) is 16.9 Å². The molecular weight excluding hydrogens is 802 g/mol. The van der Waals surface area contributed by atoms with E-state index in [1.807, 2.05) is 36.4 Å². The van der Waals surface area contributed by atoms with E-state index < -0.39 is 77.0 Å². The Morgan fingerprint density at radius 1 is 1.07 bits per heavy atom. The topological polar surface area (TPSA) is 135 Å². The number of halogens is 2. The summed E-state index contributed by atoms with van der Waals surface area (Å²) in [5.41, 5.74) is 0.531. The zero-order chi connectivity index (χ0) is 40.0. The number of nitrogens with zero attached hydrogens (tertiary/aromatic N) is 2. The predicted octanol–water partition coefficient (Wildman–Crippen LogP) is 5.59. The molecule has 2 bridgehead atoms. The van der Waals surface area contributed by atoms with Gasteiger partial charge in [0.25, 0.3) is 5.91 Å². The average Bonchev–Trinajstić information content (AvgIpc) is 3.81. The third kappa shape index (κ3) is 8.22. The Labute approximate surface area is 340 Å². The van der Waals surface area contributed by atoms with Crippen LogP contribution in [0.4, 0.5) is 5.69 Å². The number of carbonyl (C=O) groups excluding carboxylic acids is 4. The molecule has 296 valence electrons. The monoisotopic (exact) mass is 847 g/mol. The van der Waals surface area contributed by atoms with E-state index in [0.717, 1.165) is 5.56 Å². The fraction of sp³-hybridized carbons (Fsp3) is 0.395. The van der Waals surface area contributed by atoms with Crippen LogP contribution in [0.15, 0.2) is 110 Å². The van der Waals surface area contributed by atoms with Gasteiger partial charge in [0.1, 0.15) is 17.7 Å². The lowest BCUT2D eigenvalue weighted by atomic mass is 9.70. The molecule has 3 saturated heterocycles. The second-order valence-electron chi connectivity index (χ2n) is 14.4. The van der Waals surface area contributed by atoms with Crippen LogP contribution in [0.25, 0.3) is 0 Å². The summed E-state index contributed by atoms with van der Waals surface area (Å²) in [6, 6.07) is 22.3. The van der Waals surface area contributed by atoms with Gasteiger partial charge in [0, 0.05) is 35.6 Å². The van der Waals surface area contributed by atoms with Gasteiger partial charge in [-0.15, -0.1) is 13.2 Å². The largest absolute Gasteiger partial charge is 0.455 e. The van der Waals surface area contributed by atoms with Crippen LogP contribution in [0.3, 0.4) is 0 Å². The van der Waals surface area contributed by atoms with Crippen LogP contribution in [0.5, 0.6) is 0 Å². The molecule has 3 amide bonds. The minimum Gasteiger partial charge on any atom is -0.455 e. The van der Waals surface area contributed by atoms with E-state index in [2.05, 4.69) is 34.4 Å². The highest BCUT2D eigenvalue weighted by atomic mass is 79.9. The van der Waals surface area contributed by atoms with Crippen LogP contribution >= 0.6 is 27.5 Å². The van der Waals surface area contributed by atoms with Crippen LogP contribution in [-0.4, -0.2) is 95.2 Å². The van der Waals surface area contributed by atoms with Crippen molar-refractivity contribution < 1.29 is 38.5 Å². The standard InChI is InChI=1S/C43H47BrClN3O8/c1-4-6-17-34(50)46-33(26-54-3)37(28-15-11-8-12-16-28)55-42(53)35-36-40(51)48(31(25-49)23-27-13-9-7-10-14-27)39(43(36)24-32(44)38(35)56-43)41(52)47(22-5-2)30-20-18-29(45)19-21-30/h4-5,7-16,18-21,31-33,35-39,49H,1-2,6,17,22-26H2,3H3,(H,46,50)/t31-,32?,33+,35+,36-,37+,38+,39+,43-/m1/s1. The Bertz CT molecular complexity index is 1880. The highest BCUT2D eigenvalue weighted by Crippen LogP contribution is 2.61. The fourth-order valence-electron chi connectivity index (χ4n) is 8.49. The normalized spacial score (nSPS) is 25.2.